The zero-order valence-electron chi connectivity index (χ0n) is 8.66. The Bertz CT molecular complexity index is 257. The van der Waals surface area contributed by atoms with Crippen LogP contribution in [0.2, 0.25) is 0 Å². The molecule has 4 nitrogen and oxygen atoms in total. The molecule has 1 aliphatic heterocycles. The largest absolute Gasteiger partial charge is 0.348 e. The van der Waals surface area contributed by atoms with Gasteiger partial charge in [-0.15, -0.1) is 0 Å². The number of nitrogens with zero attached hydrogens (tertiary/aromatic N) is 2. The van der Waals surface area contributed by atoms with Crippen molar-refractivity contribution < 1.29 is 0 Å². The normalized spacial score (nSPS) is 23.9. The maximum absolute atomic E-state index is 4.02. The summed E-state index contributed by atoms with van der Waals surface area (Å²) in [7, 11) is 0. The van der Waals surface area contributed by atoms with E-state index in [4.69, 9.17) is 0 Å². The fourth-order valence-electron chi connectivity index (χ4n) is 1.90. The van der Waals surface area contributed by atoms with E-state index in [1.54, 1.807) is 6.33 Å². The first-order valence-electron chi connectivity index (χ1n) is 5.28. The zero-order valence-corrected chi connectivity index (χ0v) is 8.66. The van der Waals surface area contributed by atoms with Gasteiger partial charge in [-0.1, -0.05) is 0 Å². The Balaban J connectivity index is 1.79. The Kier molecular flexibility index (Phi) is 3.16. The minimum absolute atomic E-state index is 0.659. The third kappa shape index (κ3) is 2.33. The minimum atomic E-state index is 0.659. The van der Waals surface area contributed by atoms with Crippen molar-refractivity contribution >= 4 is 0 Å². The summed E-state index contributed by atoms with van der Waals surface area (Å²) in [6, 6.07) is 0.659. The summed E-state index contributed by atoms with van der Waals surface area (Å²) in [5.74, 6) is 0. The molecule has 1 atom stereocenters. The minimum Gasteiger partial charge on any atom is -0.348 e. The van der Waals surface area contributed by atoms with E-state index in [0.717, 1.165) is 32.6 Å². The molecule has 4 heteroatoms. The Labute approximate surface area is 84.7 Å². The first-order chi connectivity index (χ1) is 6.86. The Morgan fingerprint density at radius 1 is 1.64 bits per heavy atom. The molecule has 2 rings (SSSR count). The van der Waals surface area contributed by atoms with Gasteiger partial charge in [-0.2, -0.15) is 0 Å². The molecule has 1 aromatic rings. The second-order valence-corrected chi connectivity index (χ2v) is 3.92. The molecule has 1 aliphatic rings. The topological polar surface area (TPSA) is 44.0 Å². The smallest absolute Gasteiger partial charge is 0.0921 e. The third-order valence-electron chi connectivity index (χ3n) is 2.86. The molecule has 14 heavy (non-hydrogen) atoms. The van der Waals surface area contributed by atoms with Crippen LogP contribution in [0.25, 0.3) is 0 Å². The average Bonchev–Trinajstić information content (AvgIpc) is 2.69. The van der Waals surface area contributed by atoms with Crippen molar-refractivity contribution in [3.63, 3.8) is 0 Å². The number of piperazine rings is 1. The van der Waals surface area contributed by atoms with Gasteiger partial charge in [-0.25, -0.2) is 4.98 Å². The van der Waals surface area contributed by atoms with E-state index in [0.29, 0.717) is 6.04 Å². The Morgan fingerprint density at radius 2 is 2.57 bits per heavy atom. The molecule has 0 radical (unpaired) electrons. The third-order valence-corrected chi connectivity index (χ3v) is 2.86. The number of imidazole rings is 1. The van der Waals surface area contributed by atoms with Crippen LogP contribution in [0.5, 0.6) is 0 Å². The van der Waals surface area contributed by atoms with Crippen molar-refractivity contribution in [1.29, 1.82) is 0 Å². The molecule has 0 amide bonds. The molecule has 2 heterocycles. The lowest BCUT2D eigenvalue weighted by atomic mass is 10.2. The Morgan fingerprint density at radius 3 is 3.29 bits per heavy atom. The number of rotatable bonds is 3. The van der Waals surface area contributed by atoms with Crippen molar-refractivity contribution in [2.75, 3.05) is 26.2 Å². The van der Waals surface area contributed by atoms with Crippen LogP contribution in [0.3, 0.4) is 0 Å². The van der Waals surface area contributed by atoms with Gasteiger partial charge in [0.15, 0.2) is 0 Å². The number of aromatic nitrogens is 2. The molecule has 1 saturated heterocycles. The molecule has 1 fully saturated rings. The van der Waals surface area contributed by atoms with Crippen LogP contribution >= 0.6 is 0 Å². The lowest BCUT2D eigenvalue weighted by molar-refractivity contribution is 0.175. The summed E-state index contributed by atoms with van der Waals surface area (Å²) in [5, 5.41) is 3.40. The van der Waals surface area contributed by atoms with E-state index in [1.165, 1.54) is 5.69 Å². The zero-order chi connectivity index (χ0) is 9.80. The number of H-pyrrole nitrogens is 1. The maximum atomic E-state index is 4.02. The van der Waals surface area contributed by atoms with Gasteiger partial charge < -0.3 is 10.3 Å². The van der Waals surface area contributed by atoms with Crippen LogP contribution < -0.4 is 5.32 Å². The molecule has 0 aromatic carbocycles. The van der Waals surface area contributed by atoms with Crippen LogP contribution in [-0.4, -0.2) is 47.1 Å². The van der Waals surface area contributed by atoms with Gasteiger partial charge in [0, 0.05) is 50.5 Å². The quantitative estimate of drug-likeness (QED) is 0.725. The molecule has 1 unspecified atom stereocenters. The molecular formula is C10H18N4. The molecule has 0 bridgehead atoms. The van der Waals surface area contributed by atoms with Gasteiger partial charge in [0.25, 0.3) is 0 Å². The van der Waals surface area contributed by atoms with Crippen LogP contribution in [0.4, 0.5) is 0 Å². The van der Waals surface area contributed by atoms with Crippen LogP contribution in [0.1, 0.15) is 12.6 Å². The first kappa shape index (κ1) is 9.68. The van der Waals surface area contributed by atoms with E-state index >= 15 is 0 Å². The predicted molar refractivity (Wildman–Crippen MR) is 56.2 cm³/mol. The summed E-state index contributed by atoms with van der Waals surface area (Å²) >= 11 is 0. The number of hydrogen-bond donors (Lipinski definition) is 2. The molecule has 0 aliphatic carbocycles. The summed E-state index contributed by atoms with van der Waals surface area (Å²) in [4.78, 5) is 9.68. The van der Waals surface area contributed by atoms with Crippen molar-refractivity contribution in [2.24, 2.45) is 0 Å². The number of aromatic amines is 1. The lowest BCUT2D eigenvalue weighted by Gasteiger charge is -2.33. The van der Waals surface area contributed by atoms with Gasteiger partial charge in [0.2, 0.25) is 0 Å². The standard InChI is InChI=1S/C10H18N4/c1-9-6-11-3-5-14(9)4-2-10-7-12-8-13-10/h7-9,11H,2-6H2,1H3,(H,12,13). The van der Waals surface area contributed by atoms with Crippen LogP contribution in [0.15, 0.2) is 12.5 Å². The number of hydrogen-bond acceptors (Lipinski definition) is 3. The summed E-state index contributed by atoms with van der Waals surface area (Å²) in [6.45, 7) is 6.80. The SMILES string of the molecule is CC1CNCCN1CCc1cnc[nH]1. The van der Waals surface area contributed by atoms with Crippen molar-refractivity contribution in [3.8, 4) is 0 Å². The van der Waals surface area contributed by atoms with Gasteiger partial charge in [-0.3, -0.25) is 4.90 Å². The highest BCUT2D eigenvalue weighted by atomic mass is 15.2. The van der Waals surface area contributed by atoms with Crippen molar-refractivity contribution in [3.05, 3.63) is 18.2 Å². The van der Waals surface area contributed by atoms with Crippen LogP contribution in [-0.2, 0) is 6.42 Å². The second kappa shape index (κ2) is 4.57. The van der Waals surface area contributed by atoms with E-state index in [1.807, 2.05) is 6.20 Å². The van der Waals surface area contributed by atoms with Crippen molar-refractivity contribution in [1.82, 2.24) is 20.2 Å². The molecule has 78 valence electrons. The maximum Gasteiger partial charge on any atom is 0.0921 e. The molecule has 1 aromatic heterocycles. The summed E-state index contributed by atoms with van der Waals surface area (Å²) in [6.07, 6.45) is 4.73. The summed E-state index contributed by atoms with van der Waals surface area (Å²) in [5.41, 5.74) is 1.23. The van der Waals surface area contributed by atoms with E-state index < -0.39 is 0 Å². The fourth-order valence-corrected chi connectivity index (χ4v) is 1.90. The van der Waals surface area contributed by atoms with E-state index in [2.05, 4.69) is 27.1 Å². The average molecular weight is 194 g/mol. The van der Waals surface area contributed by atoms with Gasteiger partial charge in [0.05, 0.1) is 6.33 Å². The van der Waals surface area contributed by atoms with Crippen LogP contribution in [0, 0.1) is 0 Å². The second-order valence-electron chi connectivity index (χ2n) is 3.92. The van der Waals surface area contributed by atoms with Gasteiger partial charge in [-0.05, 0) is 6.92 Å². The molecule has 2 N–H and O–H groups in total. The fraction of sp³-hybridized carbons (Fsp3) is 0.700. The lowest BCUT2D eigenvalue weighted by Crippen LogP contribution is -2.50. The van der Waals surface area contributed by atoms with E-state index in [-0.39, 0.29) is 0 Å². The van der Waals surface area contributed by atoms with Gasteiger partial charge in [0.1, 0.15) is 0 Å². The van der Waals surface area contributed by atoms with Gasteiger partial charge >= 0.3 is 0 Å². The first-order valence-corrected chi connectivity index (χ1v) is 5.28. The molecule has 0 saturated carbocycles. The van der Waals surface area contributed by atoms with E-state index in [9.17, 15) is 0 Å². The predicted octanol–water partition coefficient (Wildman–Crippen LogP) is 0.246. The highest BCUT2D eigenvalue weighted by Gasteiger charge is 2.16. The molecular weight excluding hydrogens is 176 g/mol. The Hall–Kier alpha value is -0.870. The van der Waals surface area contributed by atoms with Crippen molar-refractivity contribution in [2.45, 2.75) is 19.4 Å². The summed E-state index contributed by atoms with van der Waals surface area (Å²) < 4.78 is 0. The highest BCUT2D eigenvalue weighted by Crippen LogP contribution is 2.04. The molecule has 0 spiro atoms. The monoisotopic (exact) mass is 194 g/mol. The highest BCUT2D eigenvalue weighted by molar-refractivity contribution is 4.95. The number of nitrogens with one attached hydrogen (secondary N) is 2.